The van der Waals surface area contributed by atoms with E-state index >= 15 is 0 Å². The lowest BCUT2D eigenvalue weighted by molar-refractivity contribution is -0.138. The molecule has 1 aliphatic heterocycles. The minimum atomic E-state index is -1.42. The van der Waals surface area contributed by atoms with Gasteiger partial charge in [-0.1, -0.05) is 0 Å². The second kappa shape index (κ2) is 13.5. The number of anilines is 2. The average molecular weight is 549 g/mol. The molecule has 1 aliphatic rings. The minimum Gasteiger partial charge on any atom is -0.497 e. The molecule has 1 fully saturated rings. The molecule has 3 rings (SSSR count). The number of rotatable bonds is 8. The van der Waals surface area contributed by atoms with Crippen LogP contribution in [0.1, 0.15) is 0 Å². The monoisotopic (exact) mass is 548 g/mol. The molecule has 39 heavy (non-hydrogen) atoms. The lowest BCUT2D eigenvalue weighted by Gasteiger charge is -2.18. The number of methoxy groups -OCH3 is 4. The van der Waals surface area contributed by atoms with Crippen LogP contribution in [0, 0.1) is 0 Å². The molecule has 6 N–H and O–H groups in total. The average Bonchev–Trinajstić information content (AvgIpc) is 3.45. The molecule has 0 spiro atoms. The Morgan fingerprint density at radius 2 is 1.05 bits per heavy atom. The van der Waals surface area contributed by atoms with Crippen molar-refractivity contribution >= 4 is 35.3 Å². The van der Waals surface area contributed by atoms with Crippen molar-refractivity contribution in [2.45, 2.75) is 12.2 Å². The summed E-state index contributed by atoms with van der Waals surface area (Å²) in [6, 6.07) is 7.79. The van der Waals surface area contributed by atoms with E-state index < -0.39 is 36.1 Å². The van der Waals surface area contributed by atoms with Gasteiger partial charge in [-0.2, -0.15) is 0 Å². The van der Waals surface area contributed by atoms with Crippen LogP contribution in [0.25, 0.3) is 0 Å². The van der Waals surface area contributed by atoms with Crippen LogP contribution < -0.4 is 51.3 Å². The number of carbonyl (C=O) groups is 4. The molecule has 16 nitrogen and oxygen atoms in total. The maximum atomic E-state index is 12.5. The molecule has 1 saturated heterocycles. The summed E-state index contributed by atoms with van der Waals surface area (Å²) in [6.07, 6.45) is -2.85. The van der Waals surface area contributed by atoms with Crippen LogP contribution in [-0.2, 0) is 19.1 Å². The van der Waals surface area contributed by atoms with Gasteiger partial charge in [0.15, 0.2) is 12.2 Å². The summed E-state index contributed by atoms with van der Waals surface area (Å²) in [5.41, 5.74) is 9.16. The van der Waals surface area contributed by atoms with Gasteiger partial charge in [0.05, 0.1) is 39.8 Å². The topological polar surface area (TPSA) is 196 Å². The number of carbonyl (C=O) groups excluding carboxylic acids is 4. The summed E-state index contributed by atoms with van der Waals surface area (Å²) in [7, 11) is 5.79. The molecule has 2 aromatic carbocycles. The molecule has 0 saturated carbocycles. The van der Waals surface area contributed by atoms with Crippen LogP contribution in [0.2, 0.25) is 0 Å². The van der Waals surface area contributed by atoms with Gasteiger partial charge in [0, 0.05) is 12.1 Å². The van der Waals surface area contributed by atoms with Crippen molar-refractivity contribution < 1.29 is 47.6 Å². The van der Waals surface area contributed by atoms with Gasteiger partial charge in [-0.25, -0.2) is 20.4 Å². The van der Waals surface area contributed by atoms with Crippen molar-refractivity contribution in [3.05, 3.63) is 36.4 Å². The van der Waals surface area contributed by atoms with Gasteiger partial charge < -0.3 is 39.1 Å². The third kappa shape index (κ3) is 7.53. The third-order valence-corrected chi connectivity index (χ3v) is 5.20. The fourth-order valence-electron chi connectivity index (χ4n) is 3.28. The highest BCUT2D eigenvalue weighted by Gasteiger charge is 2.41. The van der Waals surface area contributed by atoms with Gasteiger partial charge in [-0.05, 0) is 24.3 Å². The van der Waals surface area contributed by atoms with Crippen molar-refractivity contribution in [3.8, 4) is 23.0 Å². The predicted octanol–water partition coefficient (Wildman–Crippen LogP) is 0.468. The molecular formula is C23H28N6O10. The smallest absolute Gasteiger partial charge is 0.338 e. The van der Waals surface area contributed by atoms with Crippen molar-refractivity contribution in [3.63, 3.8) is 0 Å². The standard InChI is InChI=1S/C23H28N6O10/c1-34-12-5-7-14(16(9-12)36-3)24-22(32)28-26-20(30)18-19(39-11-38-18)21(31)27-29-23(33)25-15-8-6-13(35-2)10-17(15)37-4/h5-10,18-19H,11H2,1-4H3,(H,26,30)(H,27,31)(H2,24,28,32)(H2,25,29,33)/t18-,19-/m0/s1. The number of hydrazine groups is 2. The quantitative estimate of drug-likeness (QED) is 0.252. The van der Waals surface area contributed by atoms with E-state index in [1.54, 1.807) is 36.4 Å². The van der Waals surface area contributed by atoms with E-state index in [9.17, 15) is 19.2 Å². The highest BCUT2D eigenvalue weighted by molar-refractivity contribution is 5.96. The molecule has 1 heterocycles. The second-order valence-electron chi connectivity index (χ2n) is 7.56. The van der Waals surface area contributed by atoms with E-state index in [-0.39, 0.29) is 6.79 Å². The van der Waals surface area contributed by atoms with Crippen LogP contribution in [0.15, 0.2) is 36.4 Å². The van der Waals surface area contributed by atoms with E-state index in [1.165, 1.54) is 28.4 Å². The predicted molar refractivity (Wildman–Crippen MR) is 134 cm³/mol. The molecule has 2 aromatic rings. The van der Waals surface area contributed by atoms with Crippen molar-refractivity contribution in [1.82, 2.24) is 21.7 Å². The van der Waals surface area contributed by atoms with Crippen LogP contribution in [0.3, 0.4) is 0 Å². The molecule has 0 aromatic heterocycles. The summed E-state index contributed by atoms with van der Waals surface area (Å²) in [4.78, 5) is 49.5. The van der Waals surface area contributed by atoms with E-state index in [0.717, 1.165) is 0 Å². The molecule has 0 aliphatic carbocycles. The first-order valence-corrected chi connectivity index (χ1v) is 11.2. The Morgan fingerprint density at radius 1 is 0.641 bits per heavy atom. The van der Waals surface area contributed by atoms with Gasteiger partial charge in [-0.15, -0.1) is 0 Å². The Labute approximate surface area is 222 Å². The van der Waals surface area contributed by atoms with Gasteiger partial charge >= 0.3 is 12.1 Å². The zero-order valence-corrected chi connectivity index (χ0v) is 21.4. The fourth-order valence-corrected chi connectivity index (χ4v) is 3.28. The first-order chi connectivity index (χ1) is 18.8. The number of nitrogens with one attached hydrogen (secondary N) is 6. The summed E-state index contributed by atoms with van der Waals surface area (Å²) >= 11 is 0. The van der Waals surface area contributed by atoms with Gasteiger partial charge in [-0.3, -0.25) is 20.4 Å². The number of hydrogen-bond acceptors (Lipinski definition) is 10. The largest absolute Gasteiger partial charge is 0.497 e. The third-order valence-electron chi connectivity index (χ3n) is 5.20. The number of benzene rings is 2. The van der Waals surface area contributed by atoms with Gasteiger partial charge in [0.1, 0.15) is 29.8 Å². The maximum Gasteiger partial charge on any atom is 0.338 e. The molecule has 210 valence electrons. The Bertz CT molecular complexity index is 1120. The van der Waals surface area contributed by atoms with Crippen molar-refractivity contribution in [1.29, 1.82) is 0 Å². The molecule has 2 atom stereocenters. The maximum absolute atomic E-state index is 12.5. The van der Waals surface area contributed by atoms with E-state index in [2.05, 4.69) is 32.3 Å². The van der Waals surface area contributed by atoms with Crippen LogP contribution in [0.4, 0.5) is 21.0 Å². The molecule has 0 radical (unpaired) electrons. The lowest BCUT2D eigenvalue weighted by atomic mass is 10.2. The minimum absolute atomic E-state index is 0.305. The highest BCUT2D eigenvalue weighted by Crippen LogP contribution is 2.29. The summed E-state index contributed by atoms with van der Waals surface area (Å²) < 4.78 is 30.9. The van der Waals surface area contributed by atoms with Crippen LogP contribution >= 0.6 is 0 Å². The lowest BCUT2D eigenvalue weighted by Crippen LogP contribution is -2.55. The Kier molecular flexibility index (Phi) is 9.94. The summed E-state index contributed by atoms with van der Waals surface area (Å²) in [5, 5.41) is 4.99. The Balaban J connectivity index is 1.48. The van der Waals surface area contributed by atoms with Crippen LogP contribution in [-0.4, -0.2) is 71.3 Å². The first-order valence-electron chi connectivity index (χ1n) is 11.2. The molecule has 0 bridgehead atoms. The number of ether oxygens (including phenoxy) is 6. The molecule has 16 heteroatoms. The fraction of sp³-hybridized carbons (Fsp3) is 0.304. The highest BCUT2D eigenvalue weighted by atomic mass is 16.7. The van der Waals surface area contributed by atoms with E-state index in [4.69, 9.17) is 28.4 Å². The SMILES string of the molecule is COc1ccc(NC(=O)NNC(=O)[C@H]2OCO[C@@H]2C(=O)NNC(=O)Nc2ccc(OC)cc2OC)c(OC)c1. The van der Waals surface area contributed by atoms with E-state index in [1.807, 2.05) is 0 Å². The first kappa shape index (κ1) is 28.6. The summed E-state index contributed by atoms with van der Waals surface area (Å²) in [6.45, 7) is -0.374. The van der Waals surface area contributed by atoms with Crippen molar-refractivity contribution in [2.24, 2.45) is 0 Å². The zero-order chi connectivity index (χ0) is 28.4. The number of amides is 6. The number of urea groups is 2. The van der Waals surface area contributed by atoms with Gasteiger partial charge in [0.25, 0.3) is 11.8 Å². The molecule has 6 amide bonds. The molecular weight excluding hydrogens is 520 g/mol. The molecule has 0 unspecified atom stereocenters. The van der Waals surface area contributed by atoms with E-state index in [0.29, 0.717) is 34.4 Å². The van der Waals surface area contributed by atoms with Crippen LogP contribution in [0.5, 0.6) is 23.0 Å². The normalized spacial score (nSPS) is 15.8. The second-order valence-corrected chi connectivity index (χ2v) is 7.56. The summed E-state index contributed by atoms with van der Waals surface area (Å²) in [5.74, 6) is -0.0829. The zero-order valence-electron chi connectivity index (χ0n) is 21.4. The van der Waals surface area contributed by atoms with Gasteiger partial charge in [0.2, 0.25) is 0 Å². The number of hydrogen-bond donors (Lipinski definition) is 6. The Hall–Kier alpha value is -4.96. The van der Waals surface area contributed by atoms with Crippen molar-refractivity contribution in [2.75, 3.05) is 45.9 Å². The Morgan fingerprint density at radius 3 is 1.41 bits per heavy atom.